The van der Waals surface area contributed by atoms with Gasteiger partial charge >= 0.3 is 0 Å². The first-order valence-corrected chi connectivity index (χ1v) is 8.92. The zero-order chi connectivity index (χ0) is 18.4. The van der Waals surface area contributed by atoms with Gasteiger partial charge in [0.1, 0.15) is 12.3 Å². The van der Waals surface area contributed by atoms with Gasteiger partial charge in [-0.25, -0.2) is 0 Å². The molecule has 0 bridgehead atoms. The second kappa shape index (κ2) is 8.80. The number of aryl methyl sites for hydroxylation is 1. The zero-order valence-corrected chi connectivity index (χ0v) is 16.2. The Morgan fingerprint density at radius 3 is 2.52 bits per heavy atom. The third-order valence-electron chi connectivity index (χ3n) is 3.58. The van der Waals surface area contributed by atoms with E-state index in [4.69, 9.17) is 4.52 Å². The number of aromatic nitrogens is 1. The van der Waals surface area contributed by atoms with Crippen molar-refractivity contribution in [1.82, 2.24) is 10.1 Å². The van der Waals surface area contributed by atoms with E-state index in [1.807, 2.05) is 12.1 Å². The number of benzene rings is 1. The van der Waals surface area contributed by atoms with E-state index in [2.05, 4.69) is 40.3 Å². The molecule has 25 heavy (non-hydrogen) atoms. The number of carbonyl (C=O) groups excluding carboxylic acids is 2. The Balaban J connectivity index is 2.07. The molecule has 6 nitrogen and oxygen atoms in total. The molecule has 0 spiro atoms. The van der Waals surface area contributed by atoms with Gasteiger partial charge in [0.15, 0.2) is 5.82 Å². The lowest BCUT2D eigenvalue weighted by molar-refractivity contribution is -0.117. The average molecular weight is 408 g/mol. The maximum Gasteiger partial charge on any atom is 0.254 e. The van der Waals surface area contributed by atoms with Crippen molar-refractivity contribution in [1.29, 1.82) is 0 Å². The van der Waals surface area contributed by atoms with Crippen molar-refractivity contribution in [3.63, 3.8) is 0 Å². The fourth-order valence-corrected chi connectivity index (χ4v) is 2.49. The van der Waals surface area contributed by atoms with E-state index < -0.39 is 0 Å². The summed E-state index contributed by atoms with van der Waals surface area (Å²) in [7, 11) is 0. The molecule has 2 aromatic rings. The van der Waals surface area contributed by atoms with Crippen molar-refractivity contribution < 1.29 is 14.1 Å². The van der Waals surface area contributed by atoms with Crippen LogP contribution in [0.15, 0.2) is 39.3 Å². The highest BCUT2D eigenvalue weighted by Crippen LogP contribution is 2.14. The quantitative estimate of drug-likeness (QED) is 0.755. The van der Waals surface area contributed by atoms with E-state index in [1.54, 1.807) is 30.0 Å². The van der Waals surface area contributed by atoms with Crippen LogP contribution in [0.1, 0.15) is 36.4 Å². The molecule has 0 aliphatic rings. The van der Waals surface area contributed by atoms with E-state index in [9.17, 15) is 9.59 Å². The first kappa shape index (κ1) is 19.2. The van der Waals surface area contributed by atoms with Gasteiger partial charge in [0, 0.05) is 22.6 Å². The van der Waals surface area contributed by atoms with Crippen molar-refractivity contribution in [2.45, 2.75) is 27.2 Å². The molecular formula is C18H22BrN3O3. The van der Waals surface area contributed by atoms with Crippen LogP contribution in [0, 0.1) is 12.8 Å². The lowest BCUT2D eigenvalue weighted by atomic mass is 10.1. The van der Waals surface area contributed by atoms with Gasteiger partial charge in [0.05, 0.1) is 0 Å². The van der Waals surface area contributed by atoms with Crippen molar-refractivity contribution in [3.8, 4) is 0 Å². The maximum atomic E-state index is 12.8. The molecule has 7 heteroatoms. The Kier molecular flexibility index (Phi) is 6.75. The Morgan fingerprint density at radius 2 is 1.96 bits per heavy atom. The topological polar surface area (TPSA) is 75.4 Å². The Labute approximate surface area is 155 Å². The minimum absolute atomic E-state index is 0.0342. The predicted octanol–water partition coefficient (Wildman–Crippen LogP) is 3.87. The van der Waals surface area contributed by atoms with Crippen LogP contribution < -0.4 is 5.32 Å². The molecule has 1 aromatic carbocycles. The molecule has 0 atom stereocenters. The van der Waals surface area contributed by atoms with E-state index in [1.165, 1.54) is 0 Å². The second-order valence-corrected chi connectivity index (χ2v) is 7.20. The van der Waals surface area contributed by atoms with Crippen molar-refractivity contribution in [3.05, 3.63) is 46.1 Å². The Morgan fingerprint density at radius 1 is 1.28 bits per heavy atom. The summed E-state index contributed by atoms with van der Waals surface area (Å²) in [5.41, 5.74) is 0.553. The largest absolute Gasteiger partial charge is 0.360 e. The number of rotatable bonds is 7. The molecule has 2 rings (SSSR count). The van der Waals surface area contributed by atoms with Gasteiger partial charge in [-0.2, -0.15) is 0 Å². The first-order chi connectivity index (χ1) is 11.8. The van der Waals surface area contributed by atoms with Crippen LogP contribution in [0.4, 0.5) is 5.82 Å². The van der Waals surface area contributed by atoms with Crippen LogP contribution in [-0.2, 0) is 4.79 Å². The SMILES string of the molecule is Cc1cc(NC(=O)CN(CCC(C)C)C(=O)c2ccc(Br)cc2)no1. The van der Waals surface area contributed by atoms with Crippen molar-refractivity contribution >= 4 is 33.6 Å². The average Bonchev–Trinajstić information content (AvgIpc) is 2.96. The smallest absolute Gasteiger partial charge is 0.254 e. The van der Waals surface area contributed by atoms with Crippen molar-refractivity contribution in [2.24, 2.45) is 5.92 Å². The summed E-state index contributed by atoms with van der Waals surface area (Å²) >= 11 is 3.36. The zero-order valence-electron chi connectivity index (χ0n) is 14.6. The fourth-order valence-electron chi connectivity index (χ4n) is 2.22. The number of halogens is 1. The molecule has 0 fully saturated rings. The molecule has 0 unspecified atom stereocenters. The molecule has 134 valence electrons. The molecule has 0 radical (unpaired) electrons. The summed E-state index contributed by atoms with van der Waals surface area (Å²) in [6, 6.07) is 8.74. The van der Waals surface area contributed by atoms with E-state index >= 15 is 0 Å². The third kappa shape index (κ3) is 6.01. The second-order valence-electron chi connectivity index (χ2n) is 6.29. The summed E-state index contributed by atoms with van der Waals surface area (Å²) in [5.74, 6) is 0.920. The summed E-state index contributed by atoms with van der Waals surface area (Å²) in [6.07, 6.45) is 0.818. The van der Waals surface area contributed by atoms with Gasteiger partial charge in [0.2, 0.25) is 5.91 Å². The standard InChI is InChI=1S/C18H22BrN3O3/c1-12(2)8-9-22(18(24)14-4-6-15(19)7-5-14)11-17(23)20-16-10-13(3)25-21-16/h4-7,10,12H,8-9,11H2,1-3H3,(H,20,21,23). The number of nitrogens with one attached hydrogen (secondary N) is 1. The molecule has 1 N–H and O–H groups in total. The van der Waals surface area contributed by atoms with E-state index in [-0.39, 0.29) is 18.4 Å². The minimum Gasteiger partial charge on any atom is -0.360 e. The Bertz CT molecular complexity index is 725. The van der Waals surface area contributed by atoms with Gasteiger partial charge in [-0.05, 0) is 43.5 Å². The Hall–Kier alpha value is -2.15. The summed E-state index contributed by atoms with van der Waals surface area (Å²) in [5, 5.41) is 6.39. The number of anilines is 1. The van der Waals surface area contributed by atoms with Crippen LogP contribution >= 0.6 is 15.9 Å². The first-order valence-electron chi connectivity index (χ1n) is 8.13. The normalized spacial score (nSPS) is 10.8. The molecule has 0 aliphatic heterocycles. The van der Waals surface area contributed by atoms with Gasteiger partial charge in [-0.3, -0.25) is 9.59 Å². The highest BCUT2D eigenvalue weighted by molar-refractivity contribution is 9.10. The minimum atomic E-state index is -0.303. The van der Waals surface area contributed by atoms with Gasteiger partial charge in [0.25, 0.3) is 5.91 Å². The molecule has 0 saturated carbocycles. The maximum absolute atomic E-state index is 12.8. The lowest BCUT2D eigenvalue weighted by Crippen LogP contribution is -2.39. The molecule has 0 saturated heterocycles. The van der Waals surface area contributed by atoms with E-state index in [0.29, 0.717) is 29.6 Å². The number of nitrogens with zero attached hydrogens (tertiary/aromatic N) is 2. The summed E-state index contributed by atoms with van der Waals surface area (Å²) in [6.45, 7) is 6.39. The monoisotopic (exact) mass is 407 g/mol. The predicted molar refractivity (Wildman–Crippen MR) is 99.4 cm³/mol. The summed E-state index contributed by atoms with van der Waals surface area (Å²) < 4.78 is 5.83. The lowest BCUT2D eigenvalue weighted by Gasteiger charge is -2.23. The highest BCUT2D eigenvalue weighted by Gasteiger charge is 2.19. The van der Waals surface area contributed by atoms with Gasteiger partial charge in [-0.1, -0.05) is 34.9 Å². The highest BCUT2D eigenvalue weighted by atomic mass is 79.9. The summed E-state index contributed by atoms with van der Waals surface area (Å²) in [4.78, 5) is 26.6. The number of hydrogen-bond donors (Lipinski definition) is 1. The van der Waals surface area contributed by atoms with Gasteiger partial charge < -0.3 is 14.7 Å². The molecule has 2 amide bonds. The molecule has 0 aliphatic carbocycles. The van der Waals surface area contributed by atoms with Crippen LogP contribution in [-0.4, -0.2) is 35.0 Å². The molecule has 1 aromatic heterocycles. The van der Waals surface area contributed by atoms with Crippen LogP contribution in [0.2, 0.25) is 0 Å². The molecule has 1 heterocycles. The van der Waals surface area contributed by atoms with Crippen LogP contribution in [0.5, 0.6) is 0 Å². The van der Waals surface area contributed by atoms with Crippen LogP contribution in [0.3, 0.4) is 0 Å². The third-order valence-corrected chi connectivity index (χ3v) is 4.11. The number of carbonyl (C=O) groups is 2. The molecular weight excluding hydrogens is 386 g/mol. The van der Waals surface area contributed by atoms with Gasteiger partial charge in [-0.15, -0.1) is 0 Å². The number of amides is 2. The van der Waals surface area contributed by atoms with Crippen LogP contribution in [0.25, 0.3) is 0 Å². The number of hydrogen-bond acceptors (Lipinski definition) is 4. The van der Waals surface area contributed by atoms with Crippen molar-refractivity contribution in [2.75, 3.05) is 18.4 Å². The fraction of sp³-hybridized carbons (Fsp3) is 0.389. The van der Waals surface area contributed by atoms with E-state index in [0.717, 1.165) is 10.9 Å².